The van der Waals surface area contributed by atoms with Crippen molar-refractivity contribution in [2.24, 2.45) is 0 Å². The van der Waals surface area contributed by atoms with Gasteiger partial charge in [0.05, 0.1) is 11.7 Å². The molecule has 0 aliphatic carbocycles. The van der Waals surface area contributed by atoms with E-state index >= 15 is 0 Å². The molecule has 1 aromatic heterocycles. The summed E-state index contributed by atoms with van der Waals surface area (Å²) in [4.78, 5) is 21.2. The highest BCUT2D eigenvalue weighted by Gasteiger charge is 2.38. The first-order chi connectivity index (χ1) is 11.0. The largest absolute Gasteiger partial charge is 0.383 e. The van der Waals surface area contributed by atoms with Gasteiger partial charge in [0.2, 0.25) is 5.91 Å². The molecule has 1 amide bonds. The summed E-state index contributed by atoms with van der Waals surface area (Å²) in [6, 6.07) is 3.91. The molecule has 2 fully saturated rings. The second kappa shape index (κ2) is 6.57. The molecule has 2 aliphatic heterocycles. The summed E-state index contributed by atoms with van der Waals surface area (Å²) >= 11 is 0. The van der Waals surface area contributed by atoms with Gasteiger partial charge in [0.1, 0.15) is 5.60 Å². The van der Waals surface area contributed by atoms with Crippen molar-refractivity contribution in [1.82, 2.24) is 14.8 Å². The molecule has 0 spiro atoms. The molecular weight excluding hydrogens is 290 g/mol. The predicted molar refractivity (Wildman–Crippen MR) is 89.0 cm³/mol. The van der Waals surface area contributed by atoms with E-state index in [1.54, 1.807) is 6.20 Å². The maximum Gasteiger partial charge on any atom is 0.239 e. The van der Waals surface area contributed by atoms with Crippen LogP contribution in [0.25, 0.3) is 0 Å². The number of carbonyl (C=O) groups excluding carboxylic acids is 1. The van der Waals surface area contributed by atoms with Gasteiger partial charge in [-0.1, -0.05) is 12.5 Å². The molecule has 3 rings (SSSR count). The second-order valence-corrected chi connectivity index (χ2v) is 7.07. The van der Waals surface area contributed by atoms with Crippen LogP contribution in [0.4, 0.5) is 0 Å². The summed E-state index contributed by atoms with van der Waals surface area (Å²) in [6.07, 6.45) is 6.18. The average molecular weight is 317 g/mol. The SMILES string of the molecule is Cc1ccc(C2(O)CCN(C(=O)C3CCCCN3C)CC2)nc1. The van der Waals surface area contributed by atoms with Crippen molar-refractivity contribution >= 4 is 5.91 Å². The number of likely N-dealkylation sites (tertiary alicyclic amines) is 2. The summed E-state index contributed by atoms with van der Waals surface area (Å²) < 4.78 is 0. The average Bonchev–Trinajstić information content (AvgIpc) is 2.56. The fourth-order valence-electron chi connectivity index (χ4n) is 3.69. The monoisotopic (exact) mass is 317 g/mol. The van der Waals surface area contributed by atoms with Crippen LogP contribution in [0.3, 0.4) is 0 Å². The zero-order chi connectivity index (χ0) is 16.4. The lowest BCUT2D eigenvalue weighted by atomic mass is 9.87. The van der Waals surface area contributed by atoms with Gasteiger partial charge < -0.3 is 10.0 Å². The molecule has 5 nitrogen and oxygen atoms in total. The highest BCUT2D eigenvalue weighted by atomic mass is 16.3. The number of aryl methyl sites for hydroxylation is 1. The molecule has 1 unspecified atom stereocenters. The zero-order valence-corrected chi connectivity index (χ0v) is 14.2. The lowest BCUT2D eigenvalue weighted by Crippen LogP contribution is -2.53. The Labute approximate surface area is 138 Å². The van der Waals surface area contributed by atoms with Crippen LogP contribution < -0.4 is 0 Å². The van der Waals surface area contributed by atoms with Gasteiger partial charge in [0.15, 0.2) is 0 Å². The maximum absolute atomic E-state index is 12.7. The zero-order valence-electron chi connectivity index (χ0n) is 14.2. The number of likely N-dealkylation sites (N-methyl/N-ethyl adjacent to an activating group) is 1. The quantitative estimate of drug-likeness (QED) is 0.902. The number of amides is 1. The molecular formula is C18H27N3O2. The van der Waals surface area contributed by atoms with E-state index in [1.165, 1.54) is 6.42 Å². The van der Waals surface area contributed by atoms with Gasteiger partial charge in [-0.2, -0.15) is 0 Å². The molecule has 2 aliphatic rings. The van der Waals surface area contributed by atoms with Gasteiger partial charge in [-0.15, -0.1) is 0 Å². The minimum absolute atomic E-state index is 0.0208. The molecule has 1 atom stereocenters. The highest BCUT2D eigenvalue weighted by molar-refractivity contribution is 5.82. The van der Waals surface area contributed by atoms with Crippen LogP contribution in [-0.4, -0.2) is 58.5 Å². The Morgan fingerprint density at radius 1 is 1.26 bits per heavy atom. The van der Waals surface area contributed by atoms with Crippen molar-refractivity contribution in [2.75, 3.05) is 26.7 Å². The third-order valence-corrected chi connectivity index (χ3v) is 5.35. The fraction of sp³-hybridized carbons (Fsp3) is 0.667. The van der Waals surface area contributed by atoms with E-state index in [-0.39, 0.29) is 11.9 Å². The van der Waals surface area contributed by atoms with Crippen molar-refractivity contribution in [2.45, 2.75) is 50.7 Å². The molecule has 5 heteroatoms. The smallest absolute Gasteiger partial charge is 0.239 e. The normalized spacial score (nSPS) is 25.3. The van der Waals surface area contributed by atoms with Crippen LogP contribution in [0.1, 0.15) is 43.4 Å². The highest BCUT2D eigenvalue weighted by Crippen LogP contribution is 2.32. The molecule has 0 radical (unpaired) electrons. The van der Waals surface area contributed by atoms with Crippen LogP contribution in [0, 0.1) is 6.92 Å². The molecule has 2 saturated heterocycles. The van der Waals surface area contributed by atoms with Gasteiger partial charge in [-0.25, -0.2) is 0 Å². The van der Waals surface area contributed by atoms with Crippen LogP contribution in [0.5, 0.6) is 0 Å². The number of carbonyl (C=O) groups is 1. The van der Waals surface area contributed by atoms with Gasteiger partial charge in [0.25, 0.3) is 0 Å². The molecule has 3 heterocycles. The van der Waals surface area contributed by atoms with E-state index in [1.807, 2.05) is 31.0 Å². The van der Waals surface area contributed by atoms with Crippen molar-refractivity contribution in [3.63, 3.8) is 0 Å². The third-order valence-electron chi connectivity index (χ3n) is 5.35. The first-order valence-electron chi connectivity index (χ1n) is 8.64. The van der Waals surface area contributed by atoms with Crippen LogP contribution in [0.2, 0.25) is 0 Å². The lowest BCUT2D eigenvalue weighted by molar-refractivity contribution is -0.142. The minimum atomic E-state index is -0.900. The molecule has 0 bridgehead atoms. The van der Waals surface area contributed by atoms with Gasteiger partial charge in [-0.05, 0) is 57.8 Å². The van der Waals surface area contributed by atoms with Crippen LogP contribution in [-0.2, 0) is 10.4 Å². The third kappa shape index (κ3) is 3.40. The van der Waals surface area contributed by atoms with Crippen molar-refractivity contribution in [3.05, 3.63) is 29.6 Å². The fourth-order valence-corrected chi connectivity index (χ4v) is 3.69. The molecule has 23 heavy (non-hydrogen) atoms. The molecule has 1 aromatic rings. The van der Waals surface area contributed by atoms with Gasteiger partial charge in [0, 0.05) is 19.3 Å². The summed E-state index contributed by atoms with van der Waals surface area (Å²) in [5, 5.41) is 10.9. The Hall–Kier alpha value is -1.46. The Morgan fingerprint density at radius 2 is 2.00 bits per heavy atom. The Kier molecular flexibility index (Phi) is 4.69. The Bertz CT molecular complexity index is 550. The maximum atomic E-state index is 12.7. The Morgan fingerprint density at radius 3 is 2.61 bits per heavy atom. The first kappa shape index (κ1) is 16.4. The number of pyridine rings is 1. The first-order valence-corrected chi connectivity index (χ1v) is 8.64. The molecule has 1 N–H and O–H groups in total. The van der Waals surface area contributed by atoms with Gasteiger partial charge in [-0.3, -0.25) is 14.7 Å². The second-order valence-electron chi connectivity index (χ2n) is 7.07. The lowest BCUT2D eigenvalue weighted by Gasteiger charge is -2.41. The molecule has 126 valence electrons. The van der Waals surface area contributed by atoms with E-state index in [0.29, 0.717) is 25.9 Å². The van der Waals surface area contributed by atoms with E-state index in [0.717, 1.165) is 30.6 Å². The number of rotatable bonds is 2. The number of nitrogens with zero attached hydrogens (tertiary/aromatic N) is 3. The van der Waals surface area contributed by atoms with Crippen molar-refractivity contribution in [3.8, 4) is 0 Å². The summed E-state index contributed by atoms with van der Waals surface area (Å²) in [6.45, 7) is 4.20. The van der Waals surface area contributed by atoms with E-state index in [4.69, 9.17) is 0 Å². The topological polar surface area (TPSA) is 56.7 Å². The minimum Gasteiger partial charge on any atom is -0.383 e. The van der Waals surface area contributed by atoms with Crippen LogP contribution in [0.15, 0.2) is 18.3 Å². The Balaban J connectivity index is 1.63. The van der Waals surface area contributed by atoms with Crippen molar-refractivity contribution in [1.29, 1.82) is 0 Å². The van der Waals surface area contributed by atoms with Gasteiger partial charge >= 0.3 is 0 Å². The standard InChI is InChI=1S/C18H27N3O2/c1-14-6-7-16(19-13-14)18(23)8-11-21(12-9-18)17(22)15-5-3-4-10-20(15)2/h6-7,13,15,23H,3-5,8-12H2,1-2H3. The summed E-state index contributed by atoms with van der Waals surface area (Å²) in [5.74, 6) is 0.228. The molecule has 0 saturated carbocycles. The number of aromatic nitrogens is 1. The van der Waals surface area contributed by atoms with E-state index in [2.05, 4.69) is 9.88 Å². The summed E-state index contributed by atoms with van der Waals surface area (Å²) in [5.41, 5.74) is 0.915. The number of aliphatic hydroxyl groups is 1. The van der Waals surface area contributed by atoms with E-state index in [9.17, 15) is 9.90 Å². The predicted octanol–water partition coefficient (Wildman–Crippen LogP) is 1.68. The molecule has 0 aromatic carbocycles. The number of piperidine rings is 2. The number of hydrogen-bond donors (Lipinski definition) is 1. The van der Waals surface area contributed by atoms with E-state index < -0.39 is 5.60 Å². The van der Waals surface area contributed by atoms with Crippen LogP contribution >= 0.6 is 0 Å². The van der Waals surface area contributed by atoms with Crippen molar-refractivity contribution < 1.29 is 9.90 Å². The summed E-state index contributed by atoms with van der Waals surface area (Å²) in [7, 11) is 2.04. The number of hydrogen-bond acceptors (Lipinski definition) is 4.